The summed E-state index contributed by atoms with van der Waals surface area (Å²) < 4.78 is 24.4. The standard InChI is InChI=1S/C40H46N4O6/c1-42(40(46)30-10-5-4-6-11-30)27-32(31-15-16-36(47-2)37(26-31)48-3)19-22-43-20-17-29(18-21-43)38(45)39-41-34-13-7-8-14-35(34)44(39)23-25-49-28-33-12-9-24-50-33/h4-16,24,26,29,32H,17-23,25,27-28H2,1-3H3. The smallest absolute Gasteiger partial charge is 0.253 e. The normalized spacial score (nSPS) is 14.5. The molecular formula is C40H46N4O6. The average molecular weight is 679 g/mol. The second-order valence-corrected chi connectivity index (χ2v) is 12.8. The van der Waals surface area contributed by atoms with Gasteiger partial charge < -0.3 is 33.0 Å². The van der Waals surface area contributed by atoms with Gasteiger partial charge in [-0.3, -0.25) is 9.59 Å². The summed E-state index contributed by atoms with van der Waals surface area (Å²) in [7, 11) is 5.13. The molecule has 2 aromatic heterocycles. The van der Waals surface area contributed by atoms with Crippen LogP contribution in [0.5, 0.6) is 11.5 Å². The number of imidazole rings is 1. The van der Waals surface area contributed by atoms with E-state index in [-0.39, 0.29) is 23.5 Å². The zero-order valence-electron chi connectivity index (χ0n) is 29.1. The zero-order chi connectivity index (χ0) is 34.9. The molecule has 50 heavy (non-hydrogen) atoms. The van der Waals surface area contributed by atoms with Crippen LogP contribution in [-0.2, 0) is 17.9 Å². The second-order valence-electron chi connectivity index (χ2n) is 12.8. The predicted molar refractivity (Wildman–Crippen MR) is 192 cm³/mol. The van der Waals surface area contributed by atoms with Gasteiger partial charge in [0.25, 0.3) is 5.91 Å². The van der Waals surface area contributed by atoms with Gasteiger partial charge in [0.2, 0.25) is 5.78 Å². The molecule has 1 aliphatic heterocycles. The number of furan rings is 1. The van der Waals surface area contributed by atoms with Crippen LogP contribution in [0.2, 0.25) is 0 Å². The molecule has 6 rings (SSSR count). The molecule has 0 N–H and O–H groups in total. The maximum absolute atomic E-state index is 14.0. The number of carbonyl (C=O) groups excluding carboxylic acids is 2. The topological polar surface area (TPSA) is 99.3 Å². The fourth-order valence-corrected chi connectivity index (χ4v) is 6.84. The Bertz CT molecular complexity index is 1850. The first-order valence-electron chi connectivity index (χ1n) is 17.3. The van der Waals surface area contributed by atoms with Gasteiger partial charge >= 0.3 is 0 Å². The van der Waals surface area contributed by atoms with E-state index in [1.54, 1.807) is 25.4 Å². The van der Waals surface area contributed by atoms with Crippen molar-refractivity contribution in [3.05, 3.63) is 114 Å². The Morgan fingerprint density at radius 3 is 2.42 bits per heavy atom. The summed E-state index contributed by atoms with van der Waals surface area (Å²) in [6.07, 6.45) is 4.01. The molecule has 1 saturated heterocycles. The highest BCUT2D eigenvalue weighted by atomic mass is 16.5. The van der Waals surface area contributed by atoms with Crippen molar-refractivity contribution in [3.63, 3.8) is 0 Å². The summed E-state index contributed by atoms with van der Waals surface area (Å²) in [6, 6.07) is 27.0. The zero-order valence-corrected chi connectivity index (χ0v) is 29.1. The van der Waals surface area contributed by atoms with E-state index >= 15 is 0 Å². The molecule has 1 aliphatic rings. The summed E-state index contributed by atoms with van der Waals surface area (Å²) in [5.74, 6) is 2.68. The van der Waals surface area contributed by atoms with Crippen LogP contribution in [0.4, 0.5) is 0 Å². The summed E-state index contributed by atoms with van der Waals surface area (Å²) in [5, 5.41) is 0. The molecular weight excluding hydrogens is 632 g/mol. The molecule has 3 aromatic carbocycles. The maximum Gasteiger partial charge on any atom is 0.253 e. The number of nitrogens with zero attached hydrogens (tertiary/aromatic N) is 4. The molecule has 0 bridgehead atoms. The molecule has 5 aromatic rings. The fourth-order valence-electron chi connectivity index (χ4n) is 6.84. The van der Waals surface area contributed by atoms with E-state index in [4.69, 9.17) is 23.6 Å². The molecule has 0 radical (unpaired) electrons. The van der Waals surface area contributed by atoms with Crippen LogP contribution in [0.1, 0.15) is 57.5 Å². The van der Waals surface area contributed by atoms with Crippen LogP contribution in [0.25, 0.3) is 11.0 Å². The van der Waals surface area contributed by atoms with Crippen molar-refractivity contribution in [1.29, 1.82) is 0 Å². The van der Waals surface area contributed by atoms with Gasteiger partial charge in [0.15, 0.2) is 17.3 Å². The van der Waals surface area contributed by atoms with Gasteiger partial charge in [0.05, 0.1) is 38.1 Å². The van der Waals surface area contributed by atoms with Crippen molar-refractivity contribution in [3.8, 4) is 11.5 Å². The van der Waals surface area contributed by atoms with Crippen molar-refractivity contribution in [2.45, 2.75) is 38.3 Å². The number of hydrogen-bond donors (Lipinski definition) is 0. The number of rotatable bonds is 16. The number of aromatic nitrogens is 2. The SMILES string of the molecule is COc1ccc(C(CCN2CCC(C(=O)c3nc4ccccc4n3CCOCc3ccco3)CC2)CN(C)C(=O)c2ccccc2)cc1OC. The Kier molecular flexibility index (Phi) is 11.6. The first kappa shape index (κ1) is 34.9. The highest BCUT2D eigenvalue weighted by molar-refractivity contribution is 5.98. The van der Waals surface area contributed by atoms with Crippen molar-refractivity contribution in [2.24, 2.45) is 5.92 Å². The third-order valence-electron chi connectivity index (χ3n) is 9.65. The molecule has 1 fully saturated rings. The van der Waals surface area contributed by atoms with E-state index < -0.39 is 0 Å². The molecule has 10 heteroatoms. The van der Waals surface area contributed by atoms with Gasteiger partial charge in [-0.05, 0) is 93.0 Å². The molecule has 1 amide bonds. The largest absolute Gasteiger partial charge is 0.493 e. The van der Waals surface area contributed by atoms with Crippen LogP contribution in [0, 0.1) is 5.92 Å². The first-order chi connectivity index (χ1) is 24.4. The minimum atomic E-state index is -0.0953. The van der Waals surface area contributed by atoms with E-state index in [1.807, 2.05) is 90.5 Å². The quantitative estimate of drug-likeness (QED) is 0.0840. The van der Waals surface area contributed by atoms with Gasteiger partial charge in [-0.2, -0.15) is 0 Å². The number of amides is 1. The average Bonchev–Trinajstić information content (AvgIpc) is 3.83. The number of likely N-dealkylation sites (N-methyl/N-ethyl adjacent to an activating group) is 1. The summed E-state index contributed by atoms with van der Waals surface area (Å²) >= 11 is 0. The predicted octanol–water partition coefficient (Wildman–Crippen LogP) is 6.70. The second kappa shape index (κ2) is 16.7. The van der Waals surface area contributed by atoms with Crippen LogP contribution in [0.3, 0.4) is 0 Å². The molecule has 0 spiro atoms. The number of piperidine rings is 1. The van der Waals surface area contributed by atoms with Crippen LogP contribution in [-0.4, -0.2) is 85.1 Å². The van der Waals surface area contributed by atoms with Crippen molar-refractivity contribution < 1.29 is 28.2 Å². The Hall–Kier alpha value is -4.93. The number of hydrogen-bond acceptors (Lipinski definition) is 8. The van der Waals surface area contributed by atoms with E-state index in [0.717, 1.165) is 61.3 Å². The summed E-state index contributed by atoms with van der Waals surface area (Å²) in [5.41, 5.74) is 3.51. The maximum atomic E-state index is 14.0. The van der Waals surface area contributed by atoms with E-state index in [1.165, 1.54) is 0 Å². The van der Waals surface area contributed by atoms with Crippen molar-refractivity contribution >= 4 is 22.7 Å². The third-order valence-corrected chi connectivity index (χ3v) is 9.65. The van der Waals surface area contributed by atoms with E-state index in [2.05, 4.69) is 11.0 Å². The lowest BCUT2D eigenvalue weighted by Crippen LogP contribution is -2.39. The van der Waals surface area contributed by atoms with Crippen LogP contribution >= 0.6 is 0 Å². The highest BCUT2D eigenvalue weighted by Gasteiger charge is 2.30. The van der Waals surface area contributed by atoms with E-state index in [0.29, 0.717) is 49.2 Å². The minimum Gasteiger partial charge on any atom is -0.493 e. The molecule has 1 unspecified atom stereocenters. The number of benzene rings is 3. The molecule has 3 heterocycles. The van der Waals surface area contributed by atoms with Crippen LogP contribution in [0.15, 0.2) is 95.6 Å². The number of methoxy groups -OCH3 is 2. The lowest BCUT2D eigenvalue weighted by atomic mass is 9.90. The van der Waals surface area contributed by atoms with Gasteiger partial charge in [-0.25, -0.2) is 4.98 Å². The van der Waals surface area contributed by atoms with Gasteiger partial charge in [-0.15, -0.1) is 0 Å². The number of Topliss-reactive ketones (excluding diaryl/α,β-unsaturated/α-hetero) is 1. The lowest BCUT2D eigenvalue weighted by molar-refractivity contribution is 0.0778. The fraction of sp³-hybridized carbons (Fsp3) is 0.375. The number of likely N-dealkylation sites (tertiary alicyclic amines) is 1. The van der Waals surface area contributed by atoms with Crippen LogP contribution < -0.4 is 9.47 Å². The number of fused-ring (bicyclic) bond motifs is 1. The Labute approximate surface area is 293 Å². The lowest BCUT2D eigenvalue weighted by Gasteiger charge is -2.33. The Morgan fingerprint density at radius 1 is 0.920 bits per heavy atom. The number of ether oxygens (including phenoxy) is 3. The minimum absolute atomic E-state index is 0.00879. The number of para-hydroxylation sites is 2. The summed E-state index contributed by atoms with van der Waals surface area (Å²) in [4.78, 5) is 36.3. The van der Waals surface area contributed by atoms with Crippen molar-refractivity contribution in [1.82, 2.24) is 19.4 Å². The Morgan fingerprint density at radius 2 is 1.68 bits per heavy atom. The molecule has 262 valence electrons. The molecule has 1 atom stereocenters. The number of ketones is 1. The third kappa shape index (κ3) is 8.26. The first-order valence-corrected chi connectivity index (χ1v) is 17.3. The molecule has 10 nitrogen and oxygen atoms in total. The highest BCUT2D eigenvalue weighted by Crippen LogP contribution is 2.33. The summed E-state index contributed by atoms with van der Waals surface area (Å²) in [6.45, 7) is 4.39. The Balaban J connectivity index is 1.09. The van der Waals surface area contributed by atoms with E-state index in [9.17, 15) is 9.59 Å². The number of carbonyl (C=O) groups is 2. The van der Waals surface area contributed by atoms with Gasteiger partial charge in [0, 0.05) is 37.5 Å². The van der Waals surface area contributed by atoms with Gasteiger partial charge in [-0.1, -0.05) is 36.4 Å². The monoisotopic (exact) mass is 678 g/mol. The van der Waals surface area contributed by atoms with Crippen molar-refractivity contribution in [2.75, 3.05) is 54.1 Å². The molecule has 0 aliphatic carbocycles. The molecule has 0 saturated carbocycles. The van der Waals surface area contributed by atoms with Gasteiger partial charge in [0.1, 0.15) is 12.4 Å².